The lowest BCUT2D eigenvalue weighted by atomic mass is 10.4. The van der Waals surface area contributed by atoms with Crippen LogP contribution < -0.4 is 5.32 Å². The number of nitrogens with zero attached hydrogens (tertiary/aromatic N) is 1. The quantitative estimate of drug-likeness (QED) is 0.579. The maximum atomic E-state index is 3.29. The van der Waals surface area contributed by atoms with Gasteiger partial charge in [0.15, 0.2) is 0 Å². The van der Waals surface area contributed by atoms with Crippen molar-refractivity contribution in [2.24, 2.45) is 0 Å². The van der Waals surface area contributed by atoms with Crippen LogP contribution in [-0.4, -0.2) is 36.8 Å². The molecule has 1 fully saturated rings. The first-order valence-corrected chi connectivity index (χ1v) is 5.00. The van der Waals surface area contributed by atoms with Crippen molar-refractivity contribution in [1.82, 2.24) is 10.2 Å². The van der Waals surface area contributed by atoms with Crippen molar-refractivity contribution >= 4 is 11.8 Å². The van der Waals surface area contributed by atoms with Crippen LogP contribution in [0.3, 0.4) is 0 Å². The van der Waals surface area contributed by atoms with Gasteiger partial charge in [0.1, 0.15) is 0 Å². The number of rotatable bonds is 1. The van der Waals surface area contributed by atoms with E-state index in [2.05, 4.69) is 28.4 Å². The standard InChI is InChI=1S/C8H14N2S/c1-2-11-8-7-10-5-3-9-4-6-10/h9H,2-6H2,1H3. The average Bonchev–Trinajstić information content (AvgIpc) is 2.07. The lowest BCUT2D eigenvalue weighted by Gasteiger charge is -2.22. The Hall–Kier alpha value is -0.330. The lowest BCUT2D eigenvalue weighted by molar-refractivity contribution is 0.342. The van der Waals surface area contributed by atoms with E-state index in [-0.39, 0.29) is 0 Å². The van der Waals surface area contributed by atoms with E-state index >= 15 is 0 Å². The second-order valence-electron chi connectivity index (χ2n) is 2.38. The Balaban J connectivity index is 2.19. The smallest absolute Gasteiger partial charge is 0.0386 e. The Morgan fingerprint density at radius 3 is 2.82 bits per heavy atom. The molecule has 0 atom stereocenters. The van der Waals surface area contributed by atoms with Crippen molar-refractivity contribution in [2.75, 3.05) is 31.9 Å². The van der Waals surface area contributed by atoms with Crippen molar-refractivity contribution in [1.29, 1.82) is 0 Å². The molecule has 0 aromatic rings. The monoisotopic (exact) mass is 170 g/mol. The van der Waals surface area contributed by atoms with Crippen molar-refractivity contribution in [3.05, 3.63) is 0 Å². The van der Waals surface area contributed by atoms with Gasteiger partial charge in [-0.3, -0.25) is 0 Å². The molecule has 1 aliphatic heterocycles. The van der Waals surface area contributed by atoms with Gasteiger partial charge in [0.05, 0.1) is 0 Å². The van der Waals surface area contributed by atoms with Crippen molar-refractivity contribution in [3.63, 3.8) is 0 Å². The maximum absolute atomic E-state index is 3.29. The molecule has 0 aromatic carbocycles. The van der Waals surface area contributed by atoms with Gasteiger partial charge >= 0.3 is 0 Å². The Morgan fingerprint density at radius 1 is 1.45 bits per heavy atom. The van der Waals surface area contributed by atoms with Gasteiger partial charge in [-0.25, -0.2) is 0 Å². The zero-order valence-electron chi connectivity index (χ0n) is 6.89. The summed E-state index contributed by atoms with van der Waals surface area (Å²) in [4.78, 5) is 2.18. The fourth-order valence-corrected chi connectivity index (χ4v) is 1.28. The molecule has 0 amide bonds. The molecule has 3 heteroatoms. The highest BCUT2D eigenvalue weighted by Crippen LogP contribution is 1.95. The predicted octanol–water partition coefficient (Wildman–Crippen LogP) is 0.563. The van der Waals surface area contributed by atoms with Gasteiger partial charge in [-0.1, -0.05) is 18.7 Å². The zero-order chi connectivity index (χ0) is 7.94. The highest BCUT2D eigenvalue weighted by atomic mass is 32.2. The van der Waals surface area contributed by atoms with E-state index in [0.29, 0.717) is 0 Å². The SMILES string of the molecule is CCSC#CN1CCNCC1. The number of nitrogens with one attached hydrogen (secondary N) is 1. The average molecular weight is 170 g/mol. The minimum absolute atomic E-state index is 1.07. The van der Waals surface area contributed by atoms with Gasteiger partial charge < -0.3 is 10.2 Å². The van der Waals surface area contributed by atoms with Gasteiger partial charge in [0.25, 0.3) is 0 Å². The summed E-state index contributed by atoms with van der Waals surface area (Å²) < 4.78 is 0. The summed E-state index contributed by atoms with van der Waals surface area (Å²) in [6, 6.07) is 3.13. The molecule has 1 saturated heterocycles. The van der Waals surface area contributed by atoms with Crippen LogP contribution in [0, 0.1) is 11.3 Å². The number of hydrogen-bond acceptors (Lipinski definition) is 3. The van der Waals surface area contributed by atoms with Crippen molar-refractivity contribution < 1.29 is 0 Å². The van der Waals surface area contributed by atoms with Crippen LogP contribution in [0.15, 0.2) is 0 Å². The van der Waals surface area contributed by atoms with Gasteiger partial charge in [-0.05, 0) is 5.25 Å². The van der Waals surface area contributed by atoms with Crippen molar-refractivity contribution in [3.8, 4) is 11.3 Å². The van der Waals surface area contributed by atoms with E-state index in [9.17, 15) is 0 Å². The molecule has 0 radical (unpaired) electrons. The second kappa shape index (κ2) is 5.34. The molecule has 2 nitrogen and oxygen atoms in total. The molecule has 0 aliphatic carbocycles. The third kappa shape index (κ3) is 3.54. The molecule has 0 unspecified atom stereocenters. The van der Waals surface area contributed by atoms with Crippen LogP contribution in [0.25, 0.3) is 0 Å². The van der Waals surface area contributed by atoms with Gasteiger partial charge in [0.2, 0.25) is 0 Å². The zero-order valence-corrected chi connectivity index (χ0v) is 7.71. The molecule has 0 saturated carbocycles. The molecule has 1 N–H and O–H groups in total. The van der Waals surface area contributed by atoms with E-state index in [1.54, 1.807) is 11.8 Å². The molecular formula is C8H14N2S. The van der Waals surface area contributed by atoms with Gasteiger partial charge in [-0.2, -0.15) is 0 Å². The summed E-state index contributed by atoms with van der Waals surface area (Å²) in [5.74, 6) is 1.08. The highest BCUT2D eigenvalue weighted by molar-refractivity contribution is 8.03. The largest absolute Gasteiger partial charge is 0.329 e. The summed E-state index contributed by atoms with van der Waals surface area (Å²) >= 11 is 1.68. The normalized spacial score (nSPS) is 17.4. The second-order valence-corrected chi connectivity index (χ2v) is 3.45. The molecule has 1 heterocycles. The number of thioether (sulfide) groups is 1. The van der Waals surface area contributed by atoms with Gasteiger partial charge in [0, 0.05) is 38.0 Å². The maximum Gasteiger partial charge on any atom is 0.0386 e. The molecule has 1 rings (SSSR count). The summed E-state index contributed by atoms with van der Waals surface area (Å²) in [6.07, 6.45) is 0. The first-order chi connectivity index (χ1) is 5.43. The molecule has 0 aromatic heterocycles. The van der Waals surface area contributed by atoms with E-state index in [4.69, 9.17) is 0 Å². The van der Waals surface area contributed by atoms with Crippen LogP contribution in [0.1, 0.15) is 6.92 Å². The van der Waals surface area contributed by atoms with Crippen LogP contribution in [0.5, 0.6) is 0 Å². The highest BCUT2D eigenvalue weighted by Gasteiger charge is 2.03. The lowest BCUT2D eigenvalue weighted by Crippen LogP contribution is -2.40. The molecule has 1 aliphatic rings. The fourth-order valence-electron chi connectivity index (χ4n) is 0.946. The third-order valence-electron chi connectivity index (χ3n) is 1.54. The van der Waals surface area contributed by atoms with Crippen LogP contribution in [-0.2, 0) is 0 Å². The first kappa shape index (κ1) is 8.76. The third-order valence-corrected chi connectivity index (χ3v) is 2.06. The summed E-state index contributed by atoms with van der Waals surface area (Å²) in [5, 5.41) is 6.36. The summed E-state index contributed by atoms with van der Waals surface area (Å²) in [5.41, 5.74) is 0. The summed E-state index contributed by atoms with van der Waals surface area (Å²) in [7, 11) is 0. The van der Waals surface area contributed by atoms with E-state index in [1.165, 1.54) is 0 Å². The Kier molecular flexibility index (Phi) is 4.25. The minimum Gasteiger partial charge on any atom is -0.329 e. The molecular weight excluding hydrogens is 156 g/mol. The van der Waals surface area contributed by atoms with E-state index in [0.717, 1.165) is 31.9 Å². The molecule has 11 heavy (non-hydrogen) atoms. The number of hydrogen-bond donors (Lipinski definition) is 1. The van der Waals surface area contributed by atoms with Gasteiger partial charge in [-0.15, -0.1) is 0 Å². The molecule has 0 bridgehead atoms. The van der Waals surface area contributed by atoms with Crippen LogP contribution in [0.4, 0.5) is 0 Å². The summed E-state index contributed by atoms with van der Waals surface area (Å²) in [6.45, 7) is 6.41. The fraction of sp³-hybridized carbons (Fsp3) is 0.750. The van der Waals surface area contributed by atoms with E-state index in [1.807, 2.05) is 0 Å². The Labute approximate surface area is 72.7 Å². The minimum atomic E-state index is 1.07. The van der Waals surface area contributed by atoms with Crippen molar-refractivity contribution in [2.45, 2.75) is 6.92 Å². The molecule has 62 valence electrons. The van der Waals surface area contributed by atoms with E-state index < -0.39 is 0 Å². The Bertz CT molecular complexity index is 153. The van der Waals surface area contributed by atoms with Crippen LogP contribution >= 0.6 is 11.8 Å². The topological polar surface area (TPSA) is 15.3 Å². The number of piperazine rings is 1. The Morgan fingerprint density at radius 2 is 2.18 bits per heavy atom. The predicted molar refractivity (Wildman–Crippen MR) is 50.4 cm³/mol. The first-order valence-electron chi connectivity index (χ1n) is 4.01. The molecule has 0 spiro atoms. The van der Waals surface area contributed by atoms with Crippen LogP contribution in [0.2, 0.25) is 0 Å².